The second-order valence-corrected chi connectivity index (χ2v) is 8.86. The van der Waals surface area contributed by atoms with Crippen molar-refractivity contribution in [2.75, 3.05) is 20.8 Å². The van der Waals surface area contributed by atoms with Crippen molar-refractivity contribution in [3.05, 3.63) is 23.3 Å². The molecule has 2 unspecified atom stereocenters. The van der Waals surface area contributed by atoms with E-state index in [9.17, 15) is 14.4 Å². The van der Waals surface area contributed by atoms with E-state index in [-0.39, 0.29) is 23.8 Å². The molecule has 1 aromatic rings. The van der Waals surface area contributed by atoms with Gasteiger partial charge in [0.25, 0.3) is 0 Å². The Morgan fingerprint density at radius 3 is 2.12 bits per heavy atom. The largest absolute Gasteiger partial charge is 0.497 e. The summed E-state index contributed by atoms with van der Waals surface area (Å²) < 4.78 is 21.3. The molecule has 0 aromatic heterocycles. The maximum absolute atomic E-state index is 12.3. The minimum Gasteiger partial charge on any atom is -0.497 e. The van der Waals surface area contributed by atoms with E-state index in [0.717, 1.165) is 56.9 Å². The van der Waals surface area contributed by atoms with E-state index in [4.69, 9.17) is 18.9 Å². The molecule has 0 radical (unpaired) electrons. The Kier molecular flexibility index (Phi) is 11.9. The second-order valence-electron chi connectivity index (χ2n) is 8.86. The molecule has 2 rings (SSSR count). The van der Waals surface area contributed by atoms with Crippen LogP contribution in [0.5, 0.6) is 11.5 Å². The van der Waals surface area contributed by atoms with E-state index in [1.54, 1.807) is 27.2 Å². The molecule has 7 heteroatoms. The van der Waals surface area contributed by atoms with Gasteiger partial charge in [0.05, 0.1) is 20.8 Å². The van der Waals surface area contributed by atoms with Crippen LogP contribution < -0.4 is 9.47 Å². The molecule has 0 spiro atoms. The maximum atomic E-state index is 12.3. The molecule has 0 aliphatic carbocycles. The molecule has 0 N–H and O–H groups in total. The molecule has 0 amide bonds. The van der Waals surface area contributed by atoms with Crippen LogP contribution in [-0.4, -0.2) is 38.5 Å². The highest BCUT2D eigenvalue weighted by atomic mass is 16.6. The zero-order valence-electron chi connectivity index (χ0n) is 21.2. The number of esters is 2. The number of unbranched alkanes of at least 4 members (excludes halogenated alkanes) is 8. The Labute approximate surface area is 203 Å². The SMILES string of the molecule is CCOC(=O)C(CCCCCCCCCCCC1OC(=O)c2c(OC)cc(OC)cc21)C(C)=O. The summed E-state index contributed by atoms with van der Waals surface area (Å²) in [6.07, 6.45) is 11.0. The van der Waals surface area contributed by atoms with Crippen molar-refractivity contribution in [3.63, 3.8) is 0 Å². The fourth-order valence-corrected chi connectivity index (χ4v) is 4.47. The topological polar surface area (TPSA) is 88.1 Å². The molecule has 0 fully saturated rings. The van der Waals surface area contributed by atoms with Gasteiger partial charge in [-0.3, -0.25) is 9.59 Å². The van der Waals surface area contributed by atoms with Crippen LogP contribution in [0.4, 0.5) is 0 Å². The van der Waals surface area contributed by atoms with Crippen LogP contribution in [0.3, 0.4) is 0 Å². The van der Waals surface area contributed by atoms with Gasteiger partial charge in [-0.1, -0.05) is 51.4 Å². The highest BCUT2D eigenvalue weighted by Crippen LogP contribution is 2.41. The highest BCUT2D eigenvalue weighted by molar-refractivity contribution is 5.98. The van der Waals surface area contributed by atoms with Crippen LogP contribution in [-0.2, 0) is 19.1 Å². The summed E-state index contributed by atoms with van der Waals surface area (Å²) in [4.78, 5) is 35.7. The first kappa shape index (κ1) is 27.7. The minimum absolute atomic E-state index is 0.104. The van der Waals surface area contributed by atoms with Crippen molar-refractivity contribution < 1.29 is 33.3 Å². The van der Waals surface area contributed by atoms with Gasteiger partial charge in [0.1, 0.15) is 34.9 Å². The first-order valence-electron chi connectivity index (χ1n) is 12.6. The summed E-state index contributed by atoms with van der Waals surface area (Å²) in [5.41, 5.74) is 1.38. The number of hydrogen-bond acceptors (Lipinski definition) is 7. The lowest BCUT2D eigenvalue weighted by molar-refractivity contribution is -0.151. The molecule has 34 heavy (non-hydrogen) atoms. The number of methoxy groups -OCH3 is 2. The molecular formula is C27H40O7. The molecule has 2 atom stereocenters. The van der Waals surface area contributed by atoms with Crippen LogP contribution in [0.1, 0.15) is 107 Å². The van der Waals surface area contributed by atoms with E-state index >= 15 is 0 Å². The lowest BCUT2D eigenvalue weighted by Gasteiger charge is -2.12. The number of ketones is 1. The third-order valence-corrected chi connectivity index (χ3v) is 6.38. The molecule has 1 aliphatic rings. The Morgan fingerprint density at radius 1 is 0.941 bits per heavy atom. The predicted molar refractivity (Wildman–Crippen MR) is 129 cm³/mol. The predicted octanol–water partition coefficient (Wildman–Crippen LogP) is 5.97. The van der Waals surface area contributed by atoms with Gasteiger partial charge in [0.15, 0.2) is 0 Å². The zero-order valence-corrected chi connectivity index (χ0v) is 21.2. The zero-order chi connectivity index (χ0) is 24.9. The highest BCUT2D eigenvalue weighted by Gasteiger charge is 2.34. The van der Waals surface area contributed by atoms with Gasteiger partial charge in [0, 0.05) is 11.6 Å². The van der Waals surface area contributed by atoms with Crippen molar-refractivity contribution in [2.45, 2.75) is 90.6 Å². The van der Waals surface area contributed by atoms with E-state index in [1.165, 1.54) is 19.8 Å². The van der Waals surface area contributed by atoms with E-state index in [1.807, 2.05) is 6.07 Å². The van der Waals surface area contributed by atoms with Crippen molar-refractivity contribution in [3.8, 4) is 11.5 Å². The lowest BCUT2D eigenvalue weighted by atomic mass is 9.96. The van der Waals surface area contributed by atoms with Crippen LogP contribution in [0.15, 0.2) is 12.1 Å². The molecule has 190 valence electrons. The van der Waals surface area contributed by atoms with Crippen LogP contribution in [0.2, 0.25) is 0 Å². The lowest BCUT2D eigenvalue weighted by Crippen LogP contribution is -2.24. The van der Waals surface area contributed by atoms with Gasteiger partial charge in [-0.15, -0.1) is 0 Å². The first-order chi connectivity index (χ1) is 16.4. The average Bonchev–Trinajstić information content (AvgIpc) is 3.14. The van der Waals surface area contributed by atoms with Crippen LogP contribution >= 0.6 is 0 Å². The monoisotopic (exact) mass is 476 g/mol. The number of Topliss-reactive ketones (excluding diaryl/α,β-unsaturated/α-hetero) is 1. The smallest absolute Gasteiger partial charge is 0.342 e. The summed E-state index contributed by atoms with van der Waals surface area (Å²) in [6.45, 7) is 3.53. The fraction of sp³-hybridized carbons (Fsp3) is 0.667. The number of rotatable bonds is 17. The summed E-state index contributed by atoms with van der Waals surface area (Å²) in [6, 6.07) is 3.59. The third-order valence-electron chi connectivity index (χ3n) is 6.38. The Hall–Kier alpha value is -2.57. The molecule has 1 heterocycles. The number of benzene rings is 1. The fourth-order valence-electron chi connectivity index (χ4n) is 4.47. The molecule has 1 aromatic carbocycles. The maximum Gasteiger partial charge on any atom is 0.342 e. The standard InChI is InChI=1S/C27H40O7/c1-5-33-26(29)21(19(2)28)15-13-11-9-7-6-8-10-12-14-16-23-22-17-20(31-3)18-24(32-4)25(22)27(30)34-23/h17-18,21,23H,5-16H2,1-4H3. The van der Waals surface area contributed by atoms with Crippen molar-refractivity contribution in [2.24, 2.45) is 5.92 Å². The first-order valence-corrected chi connectivity index (χ1v) is 12.6. The van der Waals surface area contributed by atoms with Gasteiger partial charge in [-0.2, -0.15) is 0 Å². The van der Waals surface area contributed by atoms with Gasteiger partial charge >= 0.3 is 11.9 Å². The number of cyclic esters (lactones) is 1. The summed E-state index contributed by atoms with van der Waals surface area (Å²) in [5.74, 6) is -0.252. The Bertz CT molecular complexity index is 817. The van der Waals surface area contributed by atoms with Crippen molar-refractivity contribution in [1.29, 1.82) is 0 Å². The van der Waals surface area contributed by atoms with Gasteiger partial charge in [0.2, 0.25) is 0 Å². The number of carbonyl (C=O) groups excluding carboxylic acids is 3. The summed E-state index contributed by atoms with van der Waals surface area (Å²) in [7, 11) is 3.14. The number of carbonyl (C=O) groups is 3. The quantitative estimate of drug-likeness (QED) is 0.155. The van der Waals surface area contributed by atoms with Crippen LogP contribution in [0.25, 0.3) is 0 Å². The van der Waals surface area contributed by atoms with Crippen molar-refractivity contribution >= 4 is 17.7 Å². The van der Waals surface area contributed by atoms with Gasteiger partial charge in [-0.05, 0) is 39.2 Å². The average molecular weight is 477 g/mol. The summed E-state index contributed by atoms with van der Waals surface area (Å²) >= 11 is 0. The van der Waals surface area contributed by atoms with E-state index in [0.29, 0.717) is 30.1 Å². The number of ether oxygens (including phenoxy) is 4. The molecule has 7 nitrogen and oxygen atoms in total. The van der Waals surface area contributed by atoms with E-state index < -0.39 is 5.92 Å². The Morgan fingerprint density at radius 2 is 1.56 bits per heavy atom. The normalized spacial score (nSPS) is 15.4. The third kappa shape index (κ3) is 8.03. The summed E-state index contributed by atoms with van der Waals surface area (Å²) in [5, 5.41) is 0. The van der Waals surface area contributed by atoms with Crippen LogP contribution in [0, 0.1) is 5.92 Å². The Balaban J connectivity index is 1.58. The van der Waals surface area contributed by atoms with E-state index in [2.05, 4.69) is 0 Å². The van der Waals surface area contributed by atoms with Crippen molar-refractivity contribution in [1.82, 2.24) is 0 Å². The molecular weight excluding hydrogens is 436 g/mol. The molecule has 0 bridgehead atoms. The number of hydrogen-bond donors (Lipinski definition) is 0. The molecule has 0 saturated carbocycles. The molecule has 1 aliphatic heterocycles. The second kappa shape index (κ2) is 14.6. The van der Waals surface area contributed by atoms with Gasteiger partial charge in [-0.25, -0.2) is 4.79 Å². The molecule has 0 saturated heterocycles. The minimum atomic E-state index is -0.603. The number of fused-ring (bicyclic) bond motifs is 1. The van der Waals surface area contributed by atoms with Gasteiger partial charge < -0.3 is 18.9 Å².